The van der Waals surface area contributed by atoms with E-state index in [-0.39, 0.29) is 0 Å². The Hall–Kier alpha value is -0.820. The lowest BCUT2D eigenvalue weighted by Crippen LogP contribution is -1.99. The molecule has 72 valence electrons. The molecule has 0 bridgehead atoms. The van der Waals surface area contributed by atoms with E-state index in [0.29, 0.717) is 16.5 Å². The lowest BCUT2D eigenvalue weighted by atomic mass is 10.4. The van der Waals surface area contributed by atoms with Crippen molar-refractivity contribution < 1.29 is 0 Å². The van der Waals surface area contributed by atoms with Gasteiger partial charge in [0.2, 0.25) is 0 Å². The Morgan fingerprint density at radius 2 is 2.21 bits per heavy atom. The van der Waals surface area contributed by atoms with Crippen molar-refractivity contribution in [1.29, 1.82) is 0 Å². The Labute approximate surface area is 99.2 Å². The second-order valence-corrected chi connectivity index (χ2v) is 4.33. The standard InChI is InChI=1S/C8H6ClIN4/c9-7-1-6(11)3-12-8(7)14-4-5(10)2-13-14/h1-4H,11H2. The molecule has 2 heterocycles. The second-order valence-electron chi connectivity index (χ2n) is 2.68. The van der Waals surface area contributed by atoms with E-state index in [0.717, 1.165) is 3.57 Å². The van der Waals surface area contributed by atoms with Crippen molar-refractivity contribution in [3.8, 4) is 5.82 Å². The maximum atomic E-state index is 5.97. The highest BCUT2D eigenvalue weighted by Gasteiger charge is 2.05. The zero-order valence-electron chi connectivity index (χ0n) is 6.98. The monoisotopic (exact) mass is 320 g/mol. The third-order valence-electron chi connectivity index (χ3n) is 1.61. The van der Waals surface area contributed by atoms with Crippen LogP contribution in [0, 0.1) is 3.57 Å². The minimum Gasteiger partial charge on any atom is -0.397 e. The number of nitrogens with two attached hydrogens (primary N) is 1. The fourth-order valence-corrected chi connectivity index (χ4v) is 1.68. The van der Waals surface area contributed by atoms with Gasteiger partial charge in [0, 0.05) is 6.20 Å². The van der Waals surface area contributed by atoms with E-state index in [1.54, 1.807) is 23.1 Å². The molecule has 0 atom stereocenters. The molecule has 0 saturated carbocycles. The van der Waals surface area contributed by atoms with E-state index >= 15 is 0 Å². The van der Waals surface area contributed by atoms with Crippen molar-refractivity contribution in [2.75, 3.05) is 5.73 Å². The molecule has 4 nitrogen and oxygen atoms in total. The Morgan fingerprint density at radius 3 is 2.79 bits per heavy atom. The normalized spacial score (nSPS) is 10.4. The minimum atomic E-state index is 0.490. The Balaban J connectivity index is 2.52. The molecular weight excluding hydrogens is 314 g/mol. The number of aromatic nitrogens is 3. The third kappa shape index (κ3) is 1.83. The largest absolute Gasteiger partial charge is 0.397 e. The highest BCUT2D eigenvalue weighted by atomic mass is 127. The summed E-state index contributed by atoms with van der Waals surface area (Å²) in [5.74, 6) is 0.587. The van der Waals surface area contributed by atoms with Gasteiger partial charge in [0.15, 0.2) is 5.82 Å². The number of anilines is 1. The van der Waals surface area contributed by atoms with Crippen LogP contribution in [0.4, 0.5) is 5.69 Å². The van der Waals surface area contributed by atoms with E-state index in [2.05, 4.69) is 32.7 Å². The molecule has 0 aliphatic carbocycles. The van der Waals surface area contributed by atoms with Gasteiger partial charge in [0.25, 0.3) is 0 Å². The smallest absolute Gasteiger partial charge is 0.172 e. The lowest BCUT2D eigenvalue weighted by Gasteiger charge is -2.02. The number of nitrogens with zero attached hydrogens (tertiary/aromatic N) is 3. The van der Waals surface area contributed by atoms with Gasteiger partial charge in [-0.3, -0.25) is 0 Å². The Kier molecular flexibility index (Phi) is 2.60. The number of halogens is 2. The van der Waals surface area contributed by atoms with E-state index in [1.807, 2.05) is 6.20 Å². The average molecular weight is 321 g/mol. The van der Waals surface area contributed by atoms with Crippen LogP contribution in [0.5, 0.6) is 0 Å². The summed E-state index contributed by atoms with van der Waals surface area (Å²) >= 11 is 8.13. The minimum absolute atomic E-state index is 0.490. The summed E-state index contributed by atoms with van der Waals surface area (Å²) < 4.78 is 2.64. The van der Waals surface area contributed by atoms with E-state index in [9.17, 15) is 0 Å². The van der Waals surface area contributed by atoms with Gasteiger partial charge in [-0.25, -0.2) is 9.67 Å². The summed E-state index contributed by atoms with van der Waals surface area (Å²) in [5, 5.41) is 4.59. The molecule has 2 N–H and O–H groups in total. The summed E-state index contributed by atoms with van der Waals surface area (Å²) in [7, 11) is 0. The lowest BCUT2D eigenvalue weighted by molar-refractivity contribution is 0.847. The fourth-order valence-electron chi connectivity index (χ4n) is 1.03. The Morgan fingerprint density at radius 1 is 1.43 bits per heavy atom. The van der Waals surface area contributed by atoms with Gasteiger partial charge in [0.1, 0.15) is 0 Å². The van der Waals surface area contributed by atoms with Gasteiger partial charge in [-0.2, -0.15) is 5.10 Å². The van der Waals surface area contributed by atoms with Crippen LogP contribution in [0.1, 0.15) is 0 Å². The SMILES string of the molecule is Nc1cnc(-n2cc(I)cn2)c(Cl)c1. The maximum absolute atomic E-state index is 5.97. The topological polar surface area (TPSA) is 56.7 Å². The second kappa shape index (κ2) is 3.74. The van der Waals surface area contributed by atoms with Crippen molar-refractivity contribution >= 4 is 39.9 Å². The van der Waals surface area contributed by atoms with Crippen LogP contribution >= 0.6 is 34.2 Å². The number of hydrogen-bond acceptors (Lipinski definition) is 3. The van der Waals surface area contributed by atoms with Gasteiger partial charge >= 0.3 is 0 Å². The van der Waals surface area contributed by atoms with Gasteiger partial charge in [-0.15, -0.1) is 0 Å². The molecular formula is C8H6ClIN4. The highest BCUT2D eigenvalue weighted by Crippen LogP contribution is 2.20. The molecule has 14 heavy (non-hydrogen) atoms. The molecule has 0 amide bonds. The summed E-state index contributed by atoms with van der Waals surface area (Å²) in [5.41, 5.74) is 6.07. The molecule has 6 heteroatoms. The Bertz CT molecular complexity index is 468. The van der Waals surface area contributed by atoms with Crippen molar-refractivity contribution in [2.45, 2.75) is 0 Å². The molecule has 0 spiro atoms. The first kappa shape index (κ1) is 9.72. The van der Waals surface area contributed by atoms with Crippen molar-refractivity contribution in [2.24, 2.45) is 0 Å². The molecule has 0 unspecified atom stereocenters. The predicted molar refractivity (Wildman–Crippen MR) is 63.5 cm³/mol. The molecule has 2 rings (SSSR count). The van der Waals surface area contributed by atoms with E-state index in [4.69, 9.17) is 17.3 Å². The zero-order chi connectivity index (χ0) is 10.1. The molecule has 2 aromatic heterocycles. The van der Waals surface area contributed by atoms with Crippen molar-refractivity contribution in [3.05, 3.63) is 33.2 Å². The molecule has 0 aliphatic rings. The highest BCUT2D eigenvalue weighted by molar-refractivity contribution is 14.1. The average Bonchev–Trinajstić information content (AvgIpc) is 2.51. The third-order valence-corrected chi connectivity index (χ3v) is 2.45. The van der Waals surface area contributed by atoms with Crippen LogP contribution in [0.2, 0.25) is 5.02 Å². The van der Waals surface area contributed by atoms with Gasteiger partial charge in [0.05, 0.1) is 26.7 Å². The van der Waals surface area contributed by atoms with Crippen molar-refractivity contribution in [1.82, 2.24) is 14.8 Å². The molecule has 0 radical (unpaired) electrons. The summed E-state index contributed by atoms with van der Waals surface area (Å²) in [6.45, 7) is 0. The fraction of sp³-hybridized carbons (Fsp3) is 0. The number of hydrogen-bond donors (Lipinski definition) is 1. The molecule has 0 aliphatic heterocycles. The molecule has 0 saturated heterocycles. The molecule has 0 fully saturated rings. The van der Waals surface area contributed by atoms with Crippen LogP contribution in [0.3, 0.4) is 0 Å². The zero-order valence-corrected chi connectivity index (χ0v) is 9.90. The number of nitrogen functional groups attached to an aromatic ring is 1. The van der Waals surface area contributed by atoms with Crippen LogP contribution in [0.25, 0.3) is 5.82 Å². The number of rotatable bonds is 1. The van der Waals surface area contributed by atoms with E-state index in [1.165, 1.54) is 0 Å². The summed E-state index contributed by atoms with van der Waals surface area (Å²) in [6, 6.07) is 1.65. The van der Waals surface area contributed by atoms with Crippen molar-refractivity contribution in [3.63, 3.8) is 0 Å². The van der Waals surface area contributed by atoms with Crippen LogP contribution in [-0.2, 0) is 0 Å². The van der Waals surface area contributed by atoms with Gasteiger partial charge < -0.3 is 5.73 Å². The predicted octanol–water partition coefficient (Wildman–Crippen LogP) is 2.11. The van der Waals surface area contributed by atoms with Crippen LogP contribution in [-0.4, -0.2) is 14.8 Å². The quantitative estimate of drug-likeness (QED) is 0.819. The molecule has 0 aromatic carbocycles. The van der Waals surface area contributed by atoms with Gasteiger partial charge in [-0.1, -0.05) is 11.6 Å². The number of pyridine rings is 1. The first-order valence-electron chi connectivity index (χ1n) is 3.78. The van der Waals surface area contributed by atoms with Crippen LogP contribution in [0.15, 0.2) is 24.7 Å². The van der Waals surface area contributed by atoms with E-state index < -0.39 is 0 Å². The van der Waals surface area contributed by atoms with Crippen LogP contribution < -0.4 is 5.73 Å². The first-order valence-corrected chi connectivity index (χ1v) is 5.24. The summed E-state index contributed by atoms with van der Waals surface area (Å²) in [4.78, 5) is 4.10. The van der Waals surface area contributed by atoms with Gasteiger partial charge in [-0.05, 0) is 28.7 Å². The molecule has 2 aromatic rings. The first-order chi connectivity index (χ1) is 6.66. The summed E-state index contributed by atoms with van der Waals surface area (Å²) in [6.07, 6.45) is 5.12. The maximum Gasteiger partial charge on any atom is 0.172 e.